The molecule has 5 atom stereocenters. The fourth-order valence-corrected chi connectivity index (χ4v) is 3.04. The minimum atomic E-state index is -1.34. The molecule has 0 spiro atoms. The third kappa shape index (κ3) is 11.1. The van der Waals surface area contributed by atoms with E-state index < -0.39 is 60.2 Å². The maximum Gasteiger partial charge on any atom is 0.326 e. The molecule has 33 heavy (non-hydrogen) atoms. The second-order valence-corrected chi connectivity index (χ2v) is 8.56. The normalized spacial score (nSPS) is 15.6. The molecule has 0 aromatic carbocycles. The van der Waals surface area contributed by atoms with Crippen molar-refractivity contribution >= 4 is 29.6 Å². The zero-order valence-electron chi connectivity index (χ0n) is 19.9. The quantitative estimate of drug-likeness (QED) is 0.131. The van der Waals surface area contributed by atoms with Gasteiger partial charge in [0.1, 0.15) is 18.1 Å². The van der Waals surface area contributed by atoms with Crippen LogP contribution in [-0.2, 0) is 24.0 Å². The van der Waals surface area contributed by atoms with Crippen molar-refractivity contribution in [3.8, 4) is 0 Å². The molecule has 0 saturated heterocycles. The Labute approximate surface area is 194 Å². The molecule has 12 nitrogen and oxygen atoms in total. The molecule has 190 valence electrons. The van der Waals surface area contributed by atoms with E-state index in [4.69, 9.17) is 17.2 Å². The fraction of sp³-hybridized carbons (Fsp3) is 0.762. The van der Waals surface area contributed by atoms with Gasteiger partial charge in [-0.25, -0.2) is 4.79 Å². The highest BCUT2D eigenvalue weighted by atomic mass is 16.4. The van der Waals surface area contributed by atoms with Crippen LogP contribution < -0.4 is 33.2 Å². The van der Waals surface area contributed by atoms with Crippen LogP contribution in [0.3, 0.4) is 0 Å². The van der Waals surface area contributed by atoms with Crippen LogP contribution in [-0.4, -0.2) is 65.4 Å². The number of nitrogens with one attached hydrogen (secondary N) is 3. The van der Waals surface area contributed by atoms with Crippen LogP contribution in [0, 0.1) is 11.8 Å². The van der Waals surface area contributed by atoms with Crippen molar-refractivity contribution in [2.75, 3.05) is 6.54 Å². The average molecular weight is 473 g/mol. The summed E-state index contributed by atoms with van der Waals surface area (Å²) in [5, 5.41) is 16.7. The average Bonchev–Trinajstić information content (AvgIpc) is 2.73. The second-order valence-electron chi connectivity index (χ2n) is 8.56. The Morgan fingerprint density at radius 2 is 1.45 bits per heavy atom. The molecule has 0 aliphatic heterocycles. The van der Waals surface area contributed by atoms with E-state index in [0.29, 0.717) is 32.2 Å². The predicted octanol–water partition coefficient (Wildman–Crippen LogP) is -1.44. The fourth-order valence-electron chi connectivity index (χ4n) is 3.04. The summed E-state index contributed by atoms with van der Waals surface area (Å²) in [6.07, 6.45) is 1.65. The lowest BCUT2D eigenvalue weighted by Gasteiger charge is -2.28. The number of hydrogen-bond donors (Lipinski definition) is 7. The van der Waals surface area contributed by atoms with E-state index in [1.54, 1.807) is 27.7 Å². The first kappa shape index (κ1) is 30.3. The molecule has 10 N–H and O–H groups in total. The lowest BCUT2D eigenvalue weighted by molar-refractivity contribution is -0.144. The number of aliphatic carboxylic acids is 1. The summed E-state index contributed by atoms with van der Waals surface area (Å²) < 4.78 is 0. The lowest BCUT2D eigenvalue weighted by atomic mass is 9.96. The van der Waals surface area contributed by atoms with Gasteiger partial charge in [0.2, 0.25) is 23.6 Å². The van der Waals surface area contributed by atoms with Crippen LogP contribution in [0.25, 0.3) is 0 Å². The largest absolute Gasteiger partial charge is 0.480 e. The smallest absolute Gasteiger partial charge is 0.326 e. The van der Waals surface area contributed by atoms with Gasteiger partial charge in [-0.05, 0) is 31.2 Å². The molecule has 0 bridgehead atoms. The number of unbranched alkanes of at least 4 members (excludes halogenated alkanes) is 1. The second kappa shape index (κ2) is 15.2. The van der Waals surface area contributed by atoms with Gasteiger partial charge in [0.25, 0.3) is 0 Å². The van der Waals surface area contributed by atoms with E-state index in [0.717, 1.165) is 0 Å². The Morgan fingerprint density at radius 3 is 1.91 bits per heavy atom. The van der Waals surface area contributed by atoms with Crippen molar-refractivity contribution < 1.29 is 29.1 Å². The van der Waals surface area contributed by atoms with E-state index >= 15 is 0 Å². The van der Waals surface area contributed by atoms with E-state index in [9.17, 15) is 29.1 Å². The zero-order valence-corrected chi connectivity index (χ0v) is 19.9. The molecular formula is C21H40N6O6. The van der Waals surface area contributed by atoms with Crippen molar-refractivity contribution in [3.05, 3.63) is 0 Å². The van der Waals surface area contributed by atoms with Gasteiger partial charge in [0.05, 0.1) is 12.5 Å². The molecule has 0 saturated carbocycles. The van der Waals surface area contributed by atoms with Gasteiger partial charge < -0.3 is 38.3 Å². The van der Waals surface area contributed by atoms with Crippen LogP contribution in [0.15, 0.2) is 0 Å². The third-order valence-electron chi connectivity index (χ3n) is 5.37. The van der Waals surface area contributed by atoms with E-state index in [1.807, 2.05) is 0 Å². The maximum absolute atomic E-state index is 12.9. The van der Waals surface area contributed by atoms with Crippen LogP contribution >= 0.6 is 0 Å². The Morgan fingerprint density at radius 1 is 0.879 bits per heavy atom. The first-order valence-electron chi connectivity index (χ1n) is 11.2. The molecule has 0 aromatic heterocycles. The highest BCUT2D eigenvalue weighted by Crippen LogP contribution is 2.11. The van der Waals surface area contributed by atoms with Gasteiger partial charge in [0.15, 0.2) is 0 Å². The number of carbonyl (C=O) groups is 5. The Hall–Kier alpha value is -2.73. The molecule has 0 heterocycles. The molecule has 0 rings (SSSR count). The Balaban J connectivity index is 5.48. The monoisotopic (exact) mass is 472 g/mol. The number of amides is 4. The van der Waals surface area contributed by atoms with Gasteiger partial charge in [-0.3, -0.25) is 19.2 Å². The molecule has 0 aromatic rings. The van der Waals surface area contributed by atoms with Crippen molar-refractivity contribution in [3.63, 3.8) is 0 Å². The molecule has 0 radical (unpaired) electrons. The highest BCUT2D eigenvalue weighted by molar-refractivity contribution is 5.96. The molecule has 0 aliphatic rings. The number of hydrogen-bond acceptors (Lipinski definition) is 7. The Kier molecular flexibility index (Phi) is 13.9. The molecule has 5 unspecified atom stereocenters. The molecule has 12 heteroatoms. The topological polar surface area (TPSA) is 220 Å². The number of primary amides is 1. The van der Waals surface area contributed by atoms with Gasteiger partial charge in [0, 0.05) is 0 Å². The van der Waals surface area contributed by atoms with Crippen LogP contribution in [0.5, 0.6) is 0 Å². The summed E-state index contributed by atoms with van der Waals surface area (Å²) in [5.41, 5.74) is 16.5. The summed E-state index contributed by atoms with van der Waals surface area (Å²) in [6, 6.07) is -4.48. The molecule has 0 aliphatic carbocycles. The summed E-state index contributed by atoms with van der Waals surface area (Å²) in [7, 11) is 0. The predicted molar refractivity (Wildman–Crippen MR) is 122 cm³/mol. The summed E-state index contributed by atoms with van der Waals surface area (Å²) in [6.45, 7) is 7.26. The van der Waals surface area contributed by atoms with Crippen molar-refractivity contribution in [2.45, 2.75) is 84.0 Å². The SMILES string of the molecule is CCC(C)C(NC(=O)C(CC(N)=O)NC(=O)C(N)CCCCN)C(=O)NC(C(=O)O)C(C)C. The van der Waals surface area contributed by atoms with Crippen LogP contribution in [0.4, 0.5) is 0 Å². The third-order valence-corrected chi connectivity index (χ3v) is 5.37. The lowest BCUT2D eigenvalue weighted by Crippen LogP contribution is -2.59. The van der Waals surface area contributed by atoms with Crippen molar-refractivity contribution in [2.24, 2.45) is 29.0 Å². The van der Waals surface area contributed by atoms with E-state index in [-0.39, 0.29) is 11.8 Å². The van der Waals surface area contributed by atoms with Crippen molar-refractivity contribution in [1.29, 1.82) is 0 Å². The summed E-state index contributed by atoms with van der Waals surface area (Å²) in [5.74, 6) is -4.89. The summed E-state index contributed by atoms with van der Waals surface area (Å²) in [4.78, 5) is 61.0. The van der Waals surface area contributed by atoms with Gasteiger partial charge in [-0.15, -0.1) is 0 Å². The summed E-state index contributed by atoms with van der Waals surface area (Å²) >= 11 is 0. The Bertz CT molecular complexity index is 686. The molecule has 0 fully saturated rings. The van der Waals surface area contributed by atoms with Gasteiger partial charge >= 0.3 is 5.97 Å². The number of nitrogens with two attached hydrogens (primary N) is 3. The highest BCUT2D eigenvalue weighted by Gasteiger charge is 2.34. The first-order chi connectivity index (χ1) is 15.3. The molecular weight excluding hydrogens is 432 g/mol. The maximum atomic E-state index is 12.9. The van der Waals surface area contributed by atoms with Gasteiger partial charge in [-0.2, -0.15) is 0 Å². The standard InChI is InChI=1S/C21H40N6O6/c1-5-12(4)17(20(31)26-16(11(2)3)21(32)33)27-19(30)14(10-15(24)28)25-18(29)13(23)8-6-7-9-22/h11-14,16-17H,5-10,22-23H2,1-4H3,(H2,24,28)(H,25,29)(H,26,31)(H,27,30)(H,32,33). The number of carboxylic acid groups (broad SMARTS) is 1. The zero-order chi connectivity index (χ0) is 25.7. The van der Waals surface area contributed by atoms with E-state index in [2.05, 4.69) is 16.0 Å². The number of rotatable bonds is 16. The molecule has 4 amide bonds. The van der Waals surface area contributed by atoms with Crippen LogP contribution in [0.2, 0.25) is 0 Å². The first-order valence-corrected chi connectivity index (χ1v) is 11.2. The van der Waals surface area contributed by atoms with Crippen LogP contribution in [0.1, 0.15) is 59.8 Å². The number of carbonyl (C=O) groups excluding carboxylic acids is 4. The van der Waals surface area contributed by atoms with Gasteiger partial charge in [-0.1, -0.05) is 40.5 Å². The number of carboxylic acids is 1. The van der Waals surface area contributed by atoms with E-state index in [1.165, 1.54) is 0 Å². The van der Waals surface area contributed by atoms with Crippen molar-refractivity contribution in [1.82, 2.24) is 16.0 Å². The minimum absolute atomic E-state index is 0.345. The minimum Gasteiger partial charge on any atom is -0.480 e.